The number of aliphatic hydroxyl groups is 1. The first-order valence-electron chi connectivity index (χ1n) is 3.52. The zero-order valence-electron chi connectivity index (χ0n) is 6.00. The minimum Gasteiger partial charge on any atom is -0.368 e. The van der Waals surface area contributed by atoms with Gasteiger partial charge in [0.25, 0.3) is 0 Å². The Morgan fingerprint density at radius 1 is 1.33 bits per heavy atom. The van der Waals surface area contributed by atoms with Crippen molar-refractivity contribution in [2.45, 2.75) is 39.1 Å². The van der Waals surface area contributed by atoms with E-state index in [0.29, 0.717) is 5.92 Å². The molecule has 2 heteroatoms. The summed E-state index contributed by atoms with van der Waals surface area (Å²) < 4.78 is 5.11. The van der Waals surface area contributed by atoms with Crippen molar-refractivity contribution >= 4 is 0 Å². The molecule has 1 heterocycles. The largest absolute Gasteiger partial charge is 0.368 e. The normalized spacial score (nSPS) is 45.0. The van der Waals surface area contributed by atoms with E-state index in [-0.39, 0.29) is 6.10 Å². The molecule has 0 saturated carbocycles. The fourth-order valence-electron chi connectivity index (χ4n) is 1.39. The molecule has 0 amide bonds. The lowest BCUT2D eigenvalue weighted by Gasteiger charge is -2.28. The number of rotatable bonds is 0. The van der Waals surface area contributed by atoms with Crippen molar-refractivity contribution in [1.29, 1.82) is 0 Å². The highest BCUT2D eigenvalue weighted by atomic mass is 16.6. The van der Waals surface area contributed by atoms with E-state index in [1.807, 2.05) is 6.92 Å². The summed E-state index contributed by atoms with van der Waals surface area (Å²) in [5.41, 5.74) is 0. The van der Waals surface area contributed by atoms with Crippen molar-refractivity contribution < 1.29 is 9.84 Å². The first-order chi connectivity index (χ1) is 4.18. The molecule has 1 N–H and O–H groups in total. The third-order valence-electron chi connectivity index (χ3n) is 1.73. The van der Waals surface area contributed by atoms with Gasteiger partial charge in [0, 0.05) is 6.42 Å². The quantitative estimate of drug-likeness (QED) is 0.533. The minimum atomic E-state index is -0.510. The molecule has 0 aliphatic carbocycles. The molecule has 1 rings (SSSR count). The van der Waals surface area contributed by atoms with Crippen LogP contribution in [0.1, 0.15) is 26.7 Å². The molecule has 0 spiro atoms. The van der Waals surface area contributed by atoms with E-state index in [1.165, 1.54) is 0 Å². The molecule has 1 aliphatic heterocycles. The molecule has 0 radical (unpaired) electrons. The highest BCUT2D eigenvalue weighted by Crippen LogP contribution is 2.22. The molecule has 1 fully saturated rings. The average Bonchev–Trinajstić information content (AvgIpc) is 1.59. The third-order valence-corrected chi connectivity index (χ3v) is 1.73. The number of aliphatic hydroxyl groups excluding tert-OH is 1. The monoisotopic (exact) mass is 130 g/mol. The maximum absolute atomic E-state index is 9.03. The molecule has 3 atom stereocenters. The molecule has 0 aromatic heterocycles. The second-order valence-corrected chi connectivity index (χ2v) is 2.98. The van der Waals surface area contributed by atoms with Gasteiger partial charge in [-0.2, -0.15) is 0 Å². The molecule has 2 nitrogen and oxygen atoms in total. The van der Waals surface area contributed by atoms with Gasteiger partial charge in [0.05, 0.1) is 6.10 Å². The molecule has 9 heavy (non-hydrogen) atoms. The smallest absolute Gasteiger partial charge is 0.155 e. The van der Waals surface area contributed by atoms with Crippen molar-refractivity contribution in [3.8, 4) is 0 Å². The zero-order chi connectivity index (χ0) is 6.85. The van der Waals surface area contributed by atoms with E-state index >= 15 is 0 Å². The summed E-state index contributed by atoms with van der Waals surface area (Å²) in [4.78, 5) is 0. The van der Waals surface area contributed by atoms with Crippen molar-refractivity contribution in [3.63, 3.8) is 0 Å². The lowest BCUT2D eigenvalue weighted by molar-refractivity contribution is -0.169. The van der Waals surface area contributed by atoms with E-state index in [0.717, 1.165) is 12.8 Å². The Kier molecular flexibility index (Phi) is 2.09. The first kappa shape index (κ1) is 7.03. The van der Waals surface area contributed by atoms with Crippen molar-refractivity contribution in [3.05, 3.63) is 0 Å². The Morgan fingerprint density at radius 3 is 2.44 bits per heavy atom. The van der Waals surface area contributed by atoms with Crippen LogP contribution in [-0.2, 0) is 4.74 Å². The van der Waals surface area contributed by atoms with Crippen LogP contribution in [-0.4, -0.2) is 17.5 Å². The van der Waals surface area contributed by atoms with E-state index in [2.05, 4.69) is 6.92 Å². The first-order valence-corrected chi connectivity index (χ1v) is 3.52. The summed E-state index contributed by atoms with van der Waals surface area (Å²) in [7, 11) is 0. The Bertz CT molecular complexity index is 67.9. The molecular weight excluding hydrogens is 116 g/mol. The van der Waals surface area contributed by atoms with Gasteiger partial charge in [0.1, 0.15) is 0 Å². The van der Waals surface area contributed by atoms with E-state index in [9.17, 15) is 0 Å². The highest BCUT2D eigenvalue weighted by molar-refractivity contribution is 4.66. The van der Waals surface area contributed by atoms with Gasteiger partial charge in [-0.25, -0.2) is 0 Å². The van der Waals surface area contributed by atoms with Gasteiger partial charge in [-0.3, -0.25) is 0 Å². The van der Waals surface area contributed by atoms with Gasteiger partial charge in [-0.05, 0) is 19.3 Å². The summed E-state index contributed by atoms with van der Waals surface area (Å²) in [5, 5.41) is 9.03. The van der Waals surface area contributed by atoms with E-state index < -0.39 is 6.29 Å². The Balaban J connectivity index is 2.34. The second kappa shape index (κ2) is 2.67. The molecule has 0 aromatic rings. The van der Waals surface area contributed by atoms with Crippen molar-refractivity contribution in [1.82, 2.24) is 0 Å². The summed E-state index contributed by atoms with van der Waals surface area (Å²) in [5.74, 6) is 0.615. The second-order valence-electron chi connectivity index (χ2n) is 2.98. The molecule has 1 aliphatic rings. The van der Waals surface area contributed by atoms with Crippen molar-refractivity contribution in [2.75, 3.05) is 0 Å². The highest BCUT2D eigenvalue weighted by Gasteiger charge is 2.21. The SMILES string of the molecule is C[C@H]1C[C@@H](C)O[C@@H](O)C1. The average molecular weight is 130 g/mol. The number of ether oxygens (including phenoxy) is 1. The predicted octanol–water partition coefficient (Wildman–Crippen LogP) is 1.14. The van der Waals surface area contributed by atoms with E-state index in [1.54, 1.807) is 0 Å². The van der Waals surface area contributed by atoms with Crippen LogP contribution in [0, 0.1) is 5.92 Å². The predicted molar refractivity (Wildman–Crippen MR) is 35.0 cm³/mol. The third kappa shape index (κ3) is 1.95. The van der Waals surface area contributed by atoms with Crippen LogP contribution in [0.15, 0.2) is 0 Å². The van der Waals surface area contributed by atoms with Gasteiger partial charge >= 0.3 is 0 Å². The fraction of sp³-hybridized carbons (Fsp3) is 1.00. The fourth-order valence-corrected chi connectivity index (χ4v) is 1.39. The zero-order valence-corrected chi connectivity index (χ0v) is 6.00. The van der Waals surface area contributed by atoms with Crippen LogP contribution in [0.4, 0.5) is 0 Å². The molecular formula is C7H14O2. The van der Waals surface area contributed by atoms with Crippen LogP contribution < -0.4 is 0 Å². The van der Waals surface area contributed by atoms with Crippen molar-refractivity contribution in [2.24, 2.45) is 5.92 Å². The molecule has 1 saturated heterocycles. The Hall–Kier alpha value is -0.0800. The number of hydrogen-bond acceptors (Lipinski definition) is 2. The van der Waals surface area contributed by atoms with Crippen LogP contribution >= 0.6 is 0 Å². The van der Waals surface area contributed by atoms with Gasteiger partial charge in [0.2, 0.25) is 0 Å². The topological polar surface area (TPSA) is 29.5 Å². The molecule has 0 unspecified atom stereocenters. The molecule has 54 valence electrons. The van der Waals surface area contributed by atoms with Crippen LogP contribution in [0.2, 0.25) is 0 Å². The summed E-state index contributed by atoms with van der Waals surface area (Å²) in [6, 6.07) is 0. The molecule has 0 bridgehead atoms. The Morgan fingerprint density at radius 2 is 2.00 bits per heavy atom. The maximum Gasteiger partial charge on any atom is 0.155 e. The van der Waals surface area contributed by atoms with Crippen LogP contribution in [0.3, 0.4) is 0 Å². The van der Waals surface area contributed by atoms with Gasteiger partial charge in [0.15, 0.2) is 6.29 Å². The summed E-state index contributed by atoms with van der Waals surface area (Å²) in [6.45, 7) is 4.14. The summed E-state index contributed by atoms with van der Waals surface area (Å²) >= 11 is 0. The summed E-state index contributed by atoms with van der Waals surface area (Å²) in [6.07, 6.45) is 1.61. The lowest BCUT2D eigenvalue weighted by atomic mass is 9.98. The Labute approximate surface area is 55.8 Å². The maximum atomic E-state index is 9.03. The molecule has 0 aromatic carbocycles. The number of hydrogen-bond donors (Lipinski definition) is 1. The van der Waals surface area contributed by atoms with Gasteiger partial charge in [-0.1, -0.05) is 6.92 Å². The van der Waals surface area contributed by atoms with Gasteiger partial charge in [-0.15, -0.1) is 0 Å². The standard InChI is InChI=1S/C7H14O2/c1-5-3-6(2)9-7(8)4-5/h5-8H,3-4H2,1-2H3/t5-,6+,7+/m0/s1. The van der Waals surface area contributed by atoms with Crippen LogP contribution in [0.25, 0.3) is 0 Å². The van der Waals surface area contributed by atoms with Crippen LogP contribution in [0.5, 0.6) is 0 Å². The lowest BCUT2D eigenvalue weighted by Crippen LogP contribution is -2.29. The van der Waals surface area contributed by atoms with E-state index in [4.69, 9.17) is 9.84 Å². The van der Waals surface area contributed by atoms with Gasteiger partial charge < -0.3 is 9.84 Å². The minimum absolute atomic E-state index is 0.240.